The van der Waals surface area contributed by atoms with Crippen LogP contribution in [-0.2, 0) is 0 Å². The minimum absolute atomic E-state index is 0.142. The minimum Gasteiger partial charge on any atom is -0.360 e. The molecule has 0 unspecified atom stereocenters. The standard InChI is InChI=1S/C15H11Cl2N5O2/c1-8-6-14(22-24-8)19-15(23)12-4-5-13(21-20-12)18-11-3-2-9(16)7-10(11)17/h2-7H,1H3,(H,18,21)(H,19,22,23). The molecule has 0 spiro atoms. The fraction of sp³-hybridized carbons (Fsp3) is 0.0667. The van der Waals surface area contributed by atoms with Gasteiger partial charge in [-0.05, 0) is 37.3 Å². The summed E-state index contributed by atoms with van der Waals surface area (Å²) in [5, 5.41) is 18.0. The Labute approximate surface area is 147 Å². The smallest absolute Gasteiger partial charge is 0.277 e. The van der Waals surface area contributed by atoms with E-state index in [4.69, 9.17) is 27.7 Å². The maximum atomic E-state index is 12.0. The second kappa shape index (κ2) is 6.86. The summed E-state index contributed by atoms with van der Waals surface area (Å²) in [4.78, 5) is 12.0. The van der Waals surface area contributed by atoms with Gasteiger partial charge in [-0.2, -0.15) is 0 Å². The third-order valence-corrected chi connectivity index (χ3v) is 3.51. The number of anilines is 3. The highest BCUT2D eigenvalue weighted by atomic mass is 35.5. The first kappa shape index (κ1) is 16.2. The van der Waals surface area contributed by atoms with Crippen LogP contribution in [0, 0.1) is 6.92 Å². The van der Waals surface area contributed by atoms with E-state index in [9.17, 15) is 4.79 Å². The molecule has 24 heavy (non-hydrogen) atoms. The summed E-state index contributed by atoms with van der Waals surface area (Å²) in [6, 6.07) is 9.78. The molecule has 0 atom stereocenters. The molecule has 2 aromatic heterocycles. The monoisotopic (exact) mass is 363 g/mol. The third kappa shape index (κ3) is 3.81. The molecule has 0 saturated carbocycles. The zero-order valence-corrected chi connectivity index (χ0v) is 13.9. The van der Waals surface area contributed by atoms with E-state index in [1.807, 2.05) is 0 Å². The van der Waals surface area contributed by atoms with Gasteiger partial charge in [0.25, 0.3) is 5.91 Å². The predicted molar refractivity (Wildman–Crippen MR) is 91.0 cm³/mol. The lowest BCUT2D eigenvalue weighted by molar-refractivity contribution is 0.102. The Morgan fingerprint density at radius 1 is 1.08 bits per heavy atom. The molecular weight excluding hydrogens is 353 g/mol. The number of hydrogen-bond donors (Lipinski definition) is 2. The highest BCUT2D eigenvalue weighted by Gasteiger charge is 2.11. The van der Waals surface area contributed by atoms with Crippen LogP contribution >= 0.6 is 23.2 Å². The zero-order chi connectivity index (χ0) is 17.1. The molecule has 2 N–H and O–H groups in total. The van der Waals surface area contributed by atoms with Crippen molar-refractivity contribution in [1.29, 1.82) is 0 Å². The van der Waals surface area contributed by atoms with Crippen molar-refractivity contribution < 1.29 is 9.32 Å². The number of amides is 1. The number of aromatic nitrogens is 3. The SMILES string of the molecule is Cc1cc(NC(=O)c2ccc(Nc3ccc(Cl)cc3Cl)nn2)no1. The topological polar surface area (TPSA) is 92.9 Å². The predicted octanol–water partition coefficient (Wildman–Crippen LogP) is 4.08. The quantitative estimate of drug-likeness (QED) is 0.725. The van der Waals surface area contributed by atoms with Gasteiger partial charge in [0, 0.05) is 11.1 Å². The summed E-state index contributed by atoms with van der Waals surface area (Å²) in [5.74, 6) is 0.908. The van der Waals surface area contributed by atoms with Crippen molar-refractivity contribution >= 4 is 46.4 Å². The van der Waals surface area contributed by atoms with E-state index >= 15 is 0 Å². The van der Waals surface area contributed by atoms with Crippen molar-refractivity contribution in [1.82, 2.24) is 15.4 Å². The average Bonchev–Trinajstić information content (AvgIpc) is 2.96. The van der Waals surface area contributed by atoms with Crippen LogP contribution < -0.4 is 10.6 Å². The van der Waals surface area contributed by atoms with Crippen LogP contribution in [0.4, 0.5) is 17.3 Å². The number of hydrogen-bond acceptors (Lipinski definition) is 6. The maximum Gasteiger partial charge on any atom is 0.277 e. The molecule has 7 nitrogen and oxygen atoms in total. The van der Waals surface area contributed by atoms with Crippen LogP contribution in [0.1, 0.15) is 16.2 Å². The molecule has 3 rings (SSSR count). The first-order valence-corrected chi connectivity index (χ1v) is 7.57. The van der Waals surface area contributed by atoms with E-state index in [0.29, 0.717) is 33.1 Å². The average molecular weight is 364 g/mol. The fourth-order valence-electron chi connectivity index (χ4n) is 1.85. The third-order valence-electron chi connectivity index (χ3n) is 2.96. The largest absolute Gasteiger partial charge is 0.360 e. The number of nitrogens with zero attached hydrogens (tertiary/aromatic N) is 3. The van der Waals surface area contributed by atoms with Crippen LogP contribution in [0.3, 0.4) is 0 Å². The van der Waals surface area contributed by atoms with Gasteiger partial charge < -0.3 is 15.2 Å². The molecule has 0 aliphatic heterocycles. The number of benzene rings is 1. The van der Waals surface area contributed by atoms with Gasteiger partial charge in [0.2, 0.25) is 0 Å². The molecule has 0 aliphatic rings. The molecule has 0 bridgehead atoms. The lowest BCUT2D eigenvalue weighted by Crippen LogP contribution is -2.14. The van der Waals surface area contributed by atoms with Crippen LogP contribution in [0.25, 0.3) is 0 Å². The number of nitrogens with one attached hydrogen (secondary N) is 2. The Hall–Kier alpha value is -2.64. The first-order valence-electron chi connectivity index (χ1n) is 6.82. The van der Waals surface area contributed by atoms with Crippen LogP contribution in [0.15, 0.2) is 40.9 Å². The molecule has 1 amide bonds. The summed E-state index contributed by atoms with van der Waals surface area (Å²) in [7, 11) is 0. The summed E-state index contributed by atoms with van der Waals surface area (Å²) in [6.45, 7) is 1.73. The molecule has 0 fully saturated rings. The molecular formula is C15H11Cl2N5O2. The highest BCUT2D eigenvalue weighted by Crippen LogP contribution is 2.27. The normalized spacial score (nSPS) is 10.5. The number of halogens is 2. The van der Waals surface area contributed by atoms with Crippen molar-refractivity contribution in [2.24, 2.45) is 0 Å². The lowest BCUT2D eigenvalue weighted by atomic mass is 10.3. The number of aryl methyl sites for hydroxylation is 1. The fourth-order valence-corrected chi connectivity index (χ4v) is 2.31. The minimum atomic E-state index is -0.438. The van der Waals surface area contributed by atoms with Crippen molar-refractivity contribution in [3.05, 3.63) is 57.9 Å². The maximum absolute atomic E-state index is 12.0. The van der Waals surface area contributed by atoms with Crippen molar-refractivity contribution in [2.75, 3.05) is 10.6 Å². The second-order valence-corrected chi connectivity index (χ2v) is 5.67. The van der Waals surface area contributed by atoms with Gasteiger partial charge in [-0.3, -0.25) is 4.79 Å². The Balaban J connectivity index is 1.69. The van der Waals surface area contributed by atoms with Crippen LogP contribution in [0.5, 0.6) is 0 Å². The van der Waals surface area contributed by atoms with E-state index < -0.39 is 5.91 Å². The molecule has 122 valence electrons. The molecule has 3 aromatic rings. The van der Waals surface area contributed by atoms with Gasteiger partial charge >= 0.3 is 0 Å². The number of rotatable bonds is 4. The van der Waals surface area contributed by atoms with Crippen molar-refractivity contribution in [2.45, 2.75) is 6.92 Å². The van der Waals surface area contributed by atoms with Gasteiger partial charge in [-0.15, -0.1) is 10.2 Å². The van der Waals surface area contributed by atoms with Crippen LogP contribution in [0.2, 0.25) is 10.0 Å². The summed E-state index contributed by atoms with van der Waals surface area (Å²) < 4.78 is 4.87. The molecule has 2 heterocycles. The van der Waals surface area contributed by atoms with Gasteiger partial charge in [-0.25, -0.2) is 0 Å². The lowest BCUT2D eigenvalue weighted by Gasteiger charge is -2.07. The van der Waals surface area contributed by atoms with E-state index in [1.165, 1.54) is 6.07 Å². The highest BCUT2D eigenvalue weighted by molar-refractivity contribution is 6.36. The second-order valence-electron chi connectivity index (χ2n) is 4.83. The Kier molecular flexibility index (Phi) is 4.64. The van der Waals surface area contributed by atoms with E-state index in [1.54, 1.807) is 37.3 Å². The van der Waals surface area contributed by atoms with Gasteiger partial charge in [0.1, 0.15) is 5.76 Å². The van der Waals surface area contributed by atoms with E-state index in [2.05, 4.69) is 26.0 Å². The molecule has 0 radical (unpaired) electrons. The molecule has 0 saturated heterocycles. The van der Waals surface area contributed by atoms with E-state index in [0.717, 1.165) is 0 Å². The van der Waals surface area contributed by atoms with Gasteiger partial charge in [-0.1, -0.05) is 28.4 Å². The Bertz CT molecular complexity index is 880. The van der Waals surface area contributed by atoms with Crippen molar-refractivity contribution in [3.8, 4) is 0 Å². The van der Waals surface area contributed by atoms with Crippen molar-refractivity contribution in [3.63, 3.8) is 0 Å². The first-order chi connectivity index (χ1) is 11.5. The van der Waals surface area contributed by atoms with Gasteiger partial charge in [0.15, 0.2) is 17.3 Å². The van der Waals surface area contributed by atoms with Crippen LogP contribution in [-0.4, -0.2) is 21.3 Å². The number of carbonyl (C=O) groups excluding carboxylic acids is 1. The molecule has 1 aromatic carbocycles. The zero-order valence-electron chi connectivity index (χ0n) is 12.4. The summed E-state index contributed by atoms with van der Waals surface area (Å²) in [5.41, 5.74) is 0.772. The Morgan fingerprint density at radius 3 is 2.54 bits per heavy atom. The van der Waals surface area contributed by atoms with Gasteiger partial charge in [0.05, 0.1) is 10.7 Å². The summed E-state index contributed by atoms with van der Waals surface area (Å²) >= 11 is 11.9. The molecule has 0 aliphatic carbocycles. The Morgan fingerprint density at radius 2 is 1.92 bits per heavy atom. The summed E-state index contributed by atoms with van der Waals surface area (Å²) in [6.07, 6.45) is 0. The van der Waals surface area contributed by atoms with E-state index in [-0.39, 0.29) is 5.69 Å². The molecule has 9 heteroatoms. The number of carbonyl (C=O) groups is 1.